The van der Waals surface area contributed by atoms with Crippen LogP contribution in [0.25, 0.3) is 17.2 Å². The van der Waals surface area contributed by atoms with Gasteiger partial charge in [0.15, 0.2) is 0 Å². The van der Waals surface area contributed by atoms with Gasteiger partial charge in [-0.1, -0.05) is 117 Å². The molecule has 2 nitrogen and oxygen atoms in total. The van der Waals surface area contributed by atoms with Crippen LogP contribution in [-0.2, 0) is 5.41 Å². The molecule has 0 amide bonds. The van der Waals surface area contributed by atoms with Gasteiger partial charge in [-0.05, 0) is 88.5 Å². The van der Waals surface area contributed by atoms with E-state index in [9.17, 15) is 0 Å². The monoisotopic (exact) mass is 554 g/mol. The van der Waals surface area contributed by atoms with Crippen molar-refractivity contribution >= 4 is 34.5 Å². The zero-order chi connectivity index (χ0) is 29.2. The third kappa shape index (κ3) is 5.02. The van der Waals surface area contributed by atoms with E-state index in [0.29, 0.717) is 0 Å². The van der Waals surface area contributed by atoms with Crippen molar-refractivity contribution in [2.75, 3.05) is 9.80 Å². The summed E-state index contributed by atoms with van der Waals surface area (Å²) in [5, 5.41) is 0. The highest BCUT2D eigenvalue weighted by Crippen LogP contribution is 2.52. The fourth-order valence-electron chi connectivity index (χ4n) is 6.20. The molecule has 0 unspecified atom stereocenters. The van der Waals surface area contributed by atoms with Crippen LogP contribution in [0.15, 0.2) is 164 Å². The summed E-state index contributed by atoms with van der Waals surface area (Å²) in [6.07, 6.45) is 4.39. The zero-order valence-corrected chi connectivity index (χ0v) is 24.6. The van der Waals surface area contributed by atoms with Crippen molar-refractivity contribution in [3.05, 3.63) is 181 Å². The van der Waals surface area contributed by atoms with Gasteiger partial charge in [-0.15, -0.1) is 0 Å². The Labute approximate surface area is 254 Å². The van der Waals surface area contributed by atoms with Gasteiger partial charge in [-0.25, -0.2) is 0 Å². The maximum absolute atomic E-state index is 2.42. The van der Waals surface area contributed by atoms with Crippen molar-refractivity contribution in [1.29, 1.82) is 0 Å². The van der Waals surface area contributed by atoms with E-state index in [1.807, 2.05) is 0 Å². The molecule has 1 heterocycles. The first-order chi connectivity index (χ1) is 21.1. The van der Waals surface area contributed by atoms with Gasteiger partial charge in [-0.2, -0.15) is 0 Å². The molecule has 0 fully saturated rings. The van der Waals surface area contributed by atoms with Crippen LogP contribution in [-0.4, -0.2) is 0 Å². The normalized spacial score (nSPS) is 13.4. The molecule has 0 saturated heterocycles. The zero-order valence-electron chi connectivity index (χ0n) is 24.6. The van der Waals surface area contributed by atoms with E-state index < -0.39 is 0 Å². The summed E-state index contributed by atoms with van der Waals surface area (Å²) in [6, 6.07) is 56.2. The number of benzene rings is 6. The molecule has 208 valence electrons. The van der Waals surface area contributed by atoms with Crippen LogP contribution < -0.4 is 9.80 Å². The summed E-state index contributed by atoms with van der Waals surface area (Å²) in [5.74, 6) is 0. The van der Waals surface area contributed by atoms with Gasteiger partial charge in [0.2, 0.25) is 0 Å². The third-order valence-corrected chi connectivity index (χ3v) is 8.47. The minimum Gasteiger partial charge on any atom is -0.317 e. The molecule has 1 aliphatic rings. The Bertz CT molecular complexity index is 1830. The van der Waals surface area contributed by atoms with Crippen molar-refractivity contribution < 1.29 is 0 Å². The molecule has 0 aromatic heterocycles. The smallest absolute Gasteiger partial charge is 0.0503 e. The molecule has 6 aromatic rings. The second kappa shape index (κ2) is 11.2. The summed E-state index contributed by atoms with van der Waals surface area (Å²) >= 11 is 0. The van der Waals surface area contributed by atoms with Crippen LogP contribution in [0.4, 0.5) is 28.4 Å². The number of rotatable bonds is 6. The molecule has 0 N–H and O–H groups in total. The van der Waals surface area contributed by atoms with Crippen LogP contribution in [0.5, 0.6) is 0 Å². The van der Waals surface area contributed by atoms with E-state index in [-0.39, 0.29) is 5.41 Å². The van der Waals surface area contributed by atoms with Crippen molar-refractivity contribution in [1.82, 2.24) is 0 Å². The Balaban J connectivity index is 1.30. The van der Waals surface area contributed by atoms with Crippen molar-refractivity contribution in [3.63, 3.8) is 0 Å². The molecule has 7 rings (SSSR count). The first-order valence-electron chi connectivity index (χ1n) is 14.9. The van der Waals surface area contributed by atoms with Crippen LogP contribution in [0.3, 0.4) is 0 Å². The second-order valence-corrected chi connectivity index (χ2v) is 11.5. The molecule has 0 saturated carbocycles. The number of fused-ring (bicyclic) bond motifs is 2. The van der Waals surface area contributed by atoms with E-state index in [1.165, 1.54) is 39.2 Å². The predicted octanol–water partition coefficient (Wildman–Crippen LogP) is 11.3. The standard InChI is InChI=1S/C41H34N2/c1-41(2)37-20-12-13-21-39(37)43(36-25-23-33(24-26-36)32-14-6-3-7-15-32)40-27-22-31(30-38(40)41)28-29-42(34-16-8-4-9-17-34)35-18-10-5-11-19-35/h3-30H,1-2H3/b29-28+. The first kappa shape index (κ1) is 26.6. The number of nitrogens with zero attached hydrogens (tertiary/aromatic N) is 2. The van der Waals surface area contributed by atoms with E-state index in [0.717, 1.165) is 17.1 Å². The molecular weight excluding hydrogens is 520 g/mol. The molecule has 0 radical (unpaired) electrons. The Morgan fingerprint density at radius 3 is 1.70 bits per heavy atom. The summed E-state index contributed by atoms with van der Waals surface area (Å²) in [4.78, 5) is 4.65. The Kier molecular flexibility index (Phi) is 6.89. The largest absolute Gasteiger partial charge is 0.317 e. The van der Waals surface area contributed by atoms with Gasteiger partial charge in [0.25, 0.3) is 0 Å². The average Bonchev–Trinajstić information content (AvgIpc) is 3.07. The summed E-state index contributed by atoms with van der Waals surface area (Å²) in [6.45, 7) is 4.68. The molecule has 43 heavy (non-hydrogen) atoms. The van der Waals surface area contributed by atoms with E-state index in [1.54, 1.807) is 0 Å². The van der Waals surface area contributed by atoms with Crippen molar-refractivity contribution in [2.24, 2.45) is 0 Å². The minimum absolute atomic E-state index is 0.158. The molecule has 2 heteroatoms. The highest BCUT2D eigenvalue weighted by atomic mass is 15.2. The SMILES string of the molecule is CC1(C)c2ccccc2N(c2ccc(-c3ccccc3)cc2)c2ccc(/C=C/N(c3ccccc3)c3ccccc3)cc21. The maximum Gasteiger partial charge on any atom is 0.0503 e. The highest BCUT2D eigenvalue weighted by molar-refractivity contribution is 5.87. The number of hydrogen-bond acceptors (Lipinski definition) is 2. The molecule has 6 aromatic carbocycles. The summed E-state index contributed by atoms with van der Waals surface area (Å²) in [7, 11) is 0. The van der Waals surface area contributed by atoms with Gasteiger partial charge in [0, 0.05) is 28.7 Å². The lowest BCUT2D eigenvalue weighted by molar-refractivity contribution is 0.631. The Morgan fingerprint density at radius 2 is 1.05 bits per heavy atom. The topological polar surface area (TPSA) is 6.48 Å². The Hall–Kier alpha value is -5.34. The van der Waals surface area contributed by atoms with Crippen LogP contribution >= 0.6 is 0 Å². The number of hydrogen-bond donors (Lipinski definition) is 0. The van der Waals surface area contributed by atoms with Crippen LogP contribution in [0.1, 0.15) is 30.5 Å². The van der Waals surface area contributed by atoms with Crippen molar-refractivity contribution in [3.8, 4) is 11.1 Å². The lowest BCUT2D eigenvalue weighted by Crippen LogP contribution is -2.30. The van der Waals surface area contributed by atoms with Gasteiger partial charge in [-0.3, -0.25) is 0 Å². The van der Waals surface area contributed by atoms with Crippen LogP contribution in [0, 0.1) is 0 Å². The number of anilines is 5. The van der Waals surface area contributed by atoms with E-state index in [2.05, 4.69) is 194 Å². The Morgan fingerprint density at radius 1 is 0.512 bits per heavy atom. The maximum atomic E-state index is 2.42. The van der Waals surface area contributed by atoms with Gasteiger partial charge < -0.3 is 9.80 Å². The summed E-state index contributed by atoms with van der Waals surface area (Å²) < 4.78 is 0. The first-order valence-corrected chi connectivity index (χ1v) is 14.9. The molecular formula is C41H34N2. The van der Waals surface area contributed by atoms with Crippen LogP contribution in [0.2, 0.25) is 0 Å². The molecule has 1 aliphatic heterocycles. The average molecular weight is 555 g/mol. The summed E-state index contributed by atoms with van der Waals surface area (Å²) in [5.41, 5.74) is 12.0. The van der Waals surface area contributed by atoms with Gasteiger partial charge in [0.05, 0.1) is 11.4 Å². The van der Waals surface area contributed by atoms with Gasteiger partial charge in [0.1, 0.15) is 0 Å². The lowest BCUT2D eigenvalue weighted by atomic mass is 9.73. The fourth-order valence-corrected chi connectivity index (χ4v) is 6.20. The second-order valence-electron chi connectivity index (χ2n) is 11.5. The molecule has 0 bridgehead atoms. The minimum atomic E-state index is -0.158. The fraction of sp³-hybridized carbons (Fsp3) is 0.0732. The van der Waals surface area contributed by atoms with E-state index in [4.69, 9.17) is 0 Å². The number of para-hydroxylation sites is 3. The third-order valence-electron chi connectivity index (χ3n) is 8.47. The lowest BCUT2D eigenvalue weighted by Gasteiger charge is -2.42. The van der Waals surface area contributed by atoms with Crippen molar-refractivity contribution in [2.45, 2.75) is 19.3 Å². The highest BCUT2D eigenvalue weighted by Gasteiger charge is 2.36. The van der Waals surface area contributed by atoms with E-state index >= 15 is 0 Å². The molecule has 0 spiro atoms. The molecule has 0 aliphatic carbocycles. The predicted molar refractivity (Wildman–Crippen MR) is 183 cm³/mol. The quantitative estimate of drug-likeness (QED) is 0.202. The molecule has 0 atom stereocenters. The van der Waals surface area contributed by atoms with Gasteiger partial charge >= 0.3 is 0 Å².